The molecule has 2 aliphatic rings. The van der Waals surface area contributed by atoms with E-state index >= 15 is 0 Å². The first-order chi connectivity index (χ1) is 16.1. The minimum atomic E-state index is -0.210. The number of nitrogens with one attached hydrogen (secondary N) is 1. The molecule has 34 heavy (non-hydrogen) atoms. The molecular weight excluding hydrogens is 428 g/mol. The first kappa shape index (κ1) is 24.2. The number of amidine groups is 1. The molecule has 4 rings (SSSR count). The second kappa shape index (κ2) is 9.37. The maximum atomic E-state index is 13.5. The number of Topliss-reactive ketones (excluding diaryl/α,β-unsaturated/α-hetero) is 1. The number of likely N-dealkylation sites (N-methyl/N-ethyl adjacent to an activating group) is 1. The highest BCUT2D eigenvalue weighted by atomic mass is 16.5. The van der Waals surface area contributed by atoms with Crippen molar-refractivity contribution in [3.63, 3.8) is 0 Å². The van der Waals surface area contributed by atoms with E-state index in [2.05, 4.69) is 37.8 Å². The zero-order valence-electron chi connectivity index (χ0n) is 21.2. The van der Waals surface area contributed by atoms with Gasteiger partial charge in [-0.25, -0.2) is 4.98 Å². The first-order valence-electron chi connectivity index (χ1n) is 11.9. The average molecular weight is 465 g/mol. The maximum Gasteiger partial charge on any atom is 0.182 e. The molecule has 0 amide bonds. The van der Waals surface area contributed by atoms with E-state index in [4.69, 9.17) is 19.9 Å². The number of ketones is 1. The number of carbonyl (C=O) groups excluding carboxylic acids is 1. The van der Waals surface area contributed by atoms with Crippen LogP contribution in [0.2, 0.25) is 0 Å². The summed E-state index contributed by atoms with van der Waals surface area (Å²) in [5.74, 6) is 1.64. The van der Waals surface area contributed by atoms with Crippen molar-refractivity contribution in [2.75, 3.05) is 45.9 Å². The molecule has 0 unspecified atom stereocenters. The topological polar surface area (TPSA) is 78.8 Å². The number of ether oxygens (including phenoxy) is 2. The van der Waals surface area contributed by atoms with Crippen molar-refractivity contribution >= 4 is 17.3 Å². The number of methoxy groups -OCH3 is 2. The Labute approximate surface area is 202 Å². The van der Waals surface area contributed by atoms with Crippen LogP contribution >= 0.6 is 0 Å². The van der Waals surface area contributed by atoms with Crippen molar-refractivity contribution in [1.29, 1.82) is 5.41 Å². The van der Waals surface area contributed by atoms with Gasteiger partial charge in [0.25, 0.3) is 0 Å². The molecule has 0 saturated heterocycles. The third-order valence-corrected chi connectivity index (χ3v) is 6.68. The highest BCUT2D eigenvalue weighted by Gasteiger charge is 2.32. The van der Waals surface area contributed by atoms with Crippen LogP contribution in [-0.4, -0.2) is 62.5 Å². The molecule has 1 fully saturated rings. The van der Waals surface area contributed by atoms with Gasteiger partial charge in [-0.1, -0.05) is 26.8 Å². The van der Waals surface area contributed by atoms with Crippen LogP contribution in [0.4, 0.5) is 5.69 Å². The first-order valence-corrected chi connectivity index (χ1v) is 11.9. The molecule has 1 aromatic carbocycles. The Bertz CT molecular complexity index is 1100. The van der Waals surface area contributed by atoms with E-state index < -0.39 is 0 Å². The molecule has 0 bridgehead atoms. The molecule has 7 nitrogen and oxygen atoms in total. The Balaban J connectivity index is 1.61. The van der Waals surface area contributed by atoms with Crippen molar-refractivity contribution in [2.45, 2.75) is 51.5 Å². The standard InChI is InChI=1S/C27H36N4O3/c1-27(2,3)20-13-19(14-22(25(20)34-6)30(4)11-12-33-5)23(32)16-31-15-18-9-10-21(17-7-8-17)29-24(18)26(31)28/h9-10,13-14,17,28H,7-8,11-12,15-16H2,1-6H3. The fourth-order valence-electron chi connectivity index (χ4n) is 4.45. The van der Waals surface area contributed by atoms with Crippen LogP contribution in [0.15, 0.2) is 24.3 Å². The molecule has 1 saturated carbocycles. The number of rotatable bonds is 9. The second-order valence-electron chi connectivity index (χ2n) is 10.4. The van der Waals surface area contributed by atoms with E-state index in [-0.39, 0.29) is 17.7 Å². The van der Waals surface area contributed by atoms with Gasteiger partial charge in [-0.05, 0) is 36.5 Å². The fourth-order valence-corrected chi connectivity index (χ4v) is 4.45. The van der Waals surface area contributed by atoms with Gasteiger partial charge in [0.1, 0.15) is 17.3 Å². The van der Waals surface area contributed by atoms with E-state index in [1.807, 2.05) is 24.1 Å². The normalized spacial score (nSPS) is 15.5. The summed E-state index contributed by atoms with van der Waals surface area (Å²) < 4.78 is 11.1. The van der Waals surface area contributed by atoms with Crippen molar-refractivity contribution in [3.05, 3.63) is 52.3 Å². The van der Waals surface area contributed by atoms with Gasteiger partial charge in [0, 0.05) is 55.5 Å². The minimum Gasteiger partial charge on any atom is -0.494 e. The molecule has 0 atom stereocenters. The van der Waals surface area contributed by atoms with Crippen LogP contribution in [-0.2, 0) is 16.7 Å². The third kappa shape index (κ3) is 4.80. The summed E-state index contributed by atoms with van der Waals surface area (Å²) in [5.41, 5.74) is 5.08. The lowest BCUT2D eigenvalue weighted by atomic mass is 9.84. The minimum absolute atomic E-state index is 0.0190. The van der Waals surface area contributed by atoms with E-state index in [0.29, 0.717) is 37.0 Å². The summed E-state index contributed by atoms with van der Waals surface area (Å²) >= 11 is 0. The second-order valence-corrected chi connectivity index (χ2v) is 10.4. The number of carbonyl (C=O) groups is 1. The number of anilines is 1. The number of hydrogen-bond acceptors (Lipinski definition) is 6. The number of pyridine rings is 1. The molecular formula is C27H36N4O3. The SMILES string of the molecule is COCCN(C)c1cc(C(=O)CN2Cc3ccc(C4CC4)nc3C2=N)cc(C(C)(C)C)c1OC. The molecule has 1 aliphatic carbocycles. The van der Waals surface area contributed by atoms with Gasteiger partial charge in [-0.15, -0.1) is 0 Å². The Morgan fingerprint density at radius 2 is 1.97 bits per heavy atom. The van der Waals surface area contributed by atoms with E-state index in [9.17, 15) is 4.79 Å². The summed E-state index contributed by atoms with van der Waals surface area (Å²) in [5, 5.41) is 8.66. The highest BCUT2D eigenvalue weighted by molar-refractivity contribution is 6.05. The molecule has 7 heteroatoms. The van der Waals surface area contributed by atoms with Crippen LogP contribution in [0, 0.1) is 5.41 Å². The molecule has 1 N–H and O–H groups in total. The number of benzene rings is 1. The summed E-state index contributed by atoms with van der Waals surface area (Å²) in [6.07, 6.45) is 2.35. The molecule has 182 valence electrons. The Morgan fingerprint density at radius 1 is 1.24 bits per heavy atom. The van der Waals surface area contributed by atoms with Gasteiger partial charge in [0.15, 0.2) is 5.78 Å². The smallest absolute Gasteiger partial charge is 0.182 e. The predicted octanol–water partition coefficient (Wildman–Crippen LogP) is 4.37. The molecule has 2 aromatic rings. The van der Waals surface area contributed by atoms with Crippen LogP contribution in [0.5, 0.6) is 5.75 Å². The van der Waals surface area contributed by atoms with Gasteiger partial charge in [-0.3, -0.25) is 10.2 Å². The lowest BCUT2D eigenvalue weighted by Crippen LogP contribution is -2.31. The van der Waals surface area contributed by atoms with Crippen molar-refractivity contribution in [1.82, 2.24) is 9.88 Å². The van der Waals surface area contributed by atoms with Crippen LogP contribution < -0.4 is 9.64 Å². The Hall–Kier alpha value is -2.93. The number of aromatic nitrogens is 1. The molecule has 0 spiro atoms. The van der Waals surface area contributed by atoms with Gasteiger partial charge >= 0.3 is 0 Å². The van der Waals surface area contributed by atoms with Crippen molar-refractivity contribution in [3.8, 4) is 5.75 Å². The molecule has 1 aliphatic heterocycles. The van der Waals surface area contributed by atoms with Crippen molar-refractivity contribution in [2.24, 2.45) is 0 Å². The van der Waals surface area contributed by atoms with E-state index in [1.165, 1.54) is 12.8 Å². The fraction of sp³-hybridized carbons (Fsp3) is 0.519. The predicted molar refractivity (Wildman–Crippen MR) is 135 cm³/mol. The maximum absolute atomic E-state index is 13.5. The highest BCUT2D eigenvalue weighted by Crippen LogP contribution is 2.41. The van der Waals surface area contributed by atoms with Crippen molar-refractivity contribution < 1.29 is 14.3 Å². The monoisotopic (exact) mass is 464 g/mol. The largest absolute Gasteiger partial charge is 0.494 e. The lowest BCUT2D eigenvalue weighted by Gasteiger charge is -2.29. The van der Waals surface area contributed by atoms with Gasteiger partial charge < -0.3 is 19.3 Å². The van der Waals surface area contributed by atoms with Gasteiger partial charge in [-0.2, -0.15) is 0 Å². The van der Waals surface area contributed by atoms with Crippen LogP contribution in [0.25, 0.3) is 0 Å². The van der Waals surface area contributed by atoms with E-state index in [1.54, 1.807) is 14.2 Å². The third-order valence-electron chi connectivity index (χ3n) is 6.68. The van der Waals surface area contributed by atoms with Crippen LogP contribution in [0.3, 0.4) is 0 Å². The zero-order chi connectivity index (χ0) is 24.6. The van der Waals surface area contributed by atoms with Gasteiger partial charge in [0.05, 0.1) is 25.9 Å². The average Bonchev–Trinajstić information content (AvgIpc) is 3.61. The number of fused-ring (bicyclic) bond motifs is 1. The summed E-state index contributed by atoms with van der Waals surface area (Å²) in [6, 6.07) is 8.01. The molecule has 0 radical (unpaired) electrons. The summed E-state index contributed by atoms with van der Waals surface area (Å²) in [6.45, 7) is 8.29. The lowest BCUT2D eigenvalue weighted by molar-refractivity contribution is 0.0962. The molecule has 1 aromatic heterocycles. The Kier molecular flexibility index (Phi) is 6.67. The van der Waals surface area contributed by atoms with Gasteiger partial charge in [0.2, 0.25) is 0 Å². The number of nitrogens with zero attached hydrogens (tertiary/aromatic N) is 3. The summed E-state index contributed by atoms with van der Waals surface area (Å²) in [7, 11) is 5.33. The quantitative estimate of drug-likeness (QED) is 0.555. The van der Waals surface area contributed by atoms with E-state index in [0.717, 1.165) is 34.0 Å². The Morgan fingerprint density at radius 3 is 2.59 bits per heavy atom. The van der Waals surface area contributed by atoms with Crippen LogP contribution in [0.1, 0.15) is 72.4 Å². The zero-order valence-corrected chi connectivity index (χ0v) is 21.2. The molecule has 2 heterocycles. The number of hydrogen-bond donors (Lipinski definition) is 1. The summed E-state index contributed by atoms with van der Waals surface area (Å²) in [4.78, 5) is 22.1.